The van der Waals surface area contributed by atoms with Gasteiger partial charge in [0.25, 0.3) is 5.91 Å². The maximum absolute atomic E-state index is 12.0. The fourth-order valence-corrected chi connectivity index (χ4v) is 4.24. The van der Waals surface area contributed by atoms with Crippen LogP contribution in [0.25, 0.3) is 15.9 Å². The van der Waals surface area contributed by atoms with Gasteiger partial charge in [-0.2, -0.15) is 4.52 Å². The standard InChI is InChI=1S/C14H15N5O2S/c1-7-16-14-10(8-3-2-4-9(8)22-14)12-17-11(18-19(7)12)13(21)15-5-6-20/h20H,2-6H2,1H3,(H,15,21). The molecule has 2 N–H and O–H groups in total. The van der Waals surface area contributed by atoms with E-state index in [1.165, 1.54) is 10.4 Å². The van der Waals surface area contributed by atoms with Crippen LogP contribution in [0.4, 0.5) is 0 Å². The number of nitrogens with one attached hydrogen (secondary N) is 1. The van der Waals surface area contributed by atoms with Gasteiger partial charge in [-0.05, 0) is 31.7 Å². The van der Waals surface area contributed by atoms with E-state index in [0.29, 0.717) is 5.65 Å². The molecular formula is C14H15N5O2S. The van der Waals surface area contributed by atoms with Crippen LogP contribution in [0, 0.1) is 6.92 Å². The number of thiophene rings is 1. The third kappa shape index (κ3) is 1.91. The van der Waals surface area contributed by atoms with Gasteiger partial charge in [0.15, 0.2) is 5.65 Å². The lowest BCUT2D eigenvalue weighted by atomic mass is 10.2. The predicted octanol–water partition coefficient (Wildman–Crippen LogP) is 0.858. The van der Waals surface area contributed by atoms with Crippen LogP contribution >= 0.6 is 11.3 Å². The largest absolute Gasteiger partial charge is 0.395 e. The van der Waals surface area contributed by atoms with Crippen LogP contribution in [0.15, 0.2) is 0 Å². The Labute approximate surface area is 130 Å². The number of nitrogens with zero attached hydrogens (tertiary/aromatic N) is 4. The molecule has 0 radical (unpaired) electrons. The smallest absolute Gasteiger partial charge is 0.291 e. The van der Waals surface area contributed by atoms with Crippen LogP contribution in [0.5, 0.6) is 0 Å². The Hall–Kier alpha value is -2.06. The summed E-state index contributed by atoms with van der Waals surface area (Å²) < 4.78 is 1.64. The second-order valence-corrected chi connectivity index (χ2v) is 6.43. The molecule has 0 saturated carbocycles. The van der Waals surface area contributed by atoms with Gasteiger partial charge in [0.2, 0.25) is 5.82 Å². The first-order chi connectivity index (χ1) is 10.7. The first-order valence-electron chi connectivity index (χ1n) is 7.25. The SMILES string of the molecule is Cc1nc2sc3c(c2c2nc(C(=O)NCCO)nn12)CCC3. The van der Waals surface area contributed by atoms with Crippen LogP contribution in [-0.4, -0.2) is 43.7 Å². The van der Waals surface area contributed by atoms with Crippen LogP contribution in [0.3, 0.4) is 0 Å². The number of aromatic nitrogens is 4. The zero-order chi connectivity index (χ0) is 15.3. The molecule has 4 rings (SSSR count). The number of amides is 1. The fourth-order valence-electron chi connectivity index (χ4n) is 2.94. The Morgan fingerprint density at radius 2 is 2.27 bits per heavy atom. The van der Waals surface area contributed by atoms with Gasteiger partial charge in [0.05, 0.1) is 12.0 Å². The molecule has 1 aliphatic rings. The van der Waals surface area contributed by atoms with Crippen molar-refractivity contribution in [1.82, 2.24) is 24.9 Å². The second-order valence-electron chi connectivity index (χ2n) is 5.35. The Morgan fingerprint density at radius 3 is 3.09 bits per heavy atom. The highest BCUT2D eigenvalue weighted by atomic mass is 32.1. The number of aliphatic hydroxyl groups is 1. The number of carbonyl (C=O) groups excluding carboxylic acids is 1. The molecule has 114 valence electrons. The predicted molar refractivity (Wildman–Crippen MR) is 82.3 cm³/mol. The summed E-state index contributed by atoms with van der Waals surface area (Å²) in [5.41, 5.74) is 2.02. The van der Waals surface area contributed by atoms with Gasteiger partial charge in [-0.1, -0.05) is 0 Å². The van der Waals surface area contributed by atoms with Gasteiger partial charge in [-0.15, -0.1) is 16.4 Å². The van der Waals surface area contributed by atoms with Crippen molar-refractivity contribution >= 4 is 33.1 Å². The second kappa shape index (κ2) is 4.99. The van der Waals surface area contributed by atoms with Crippen LogP contribution < -0.4 is 5.32 Å². The van der Waals surface area contributed by atoms with Gasteiger partial charge in [0, 0.05) is 11.4 Å². The number of rotatable bonds is 3. The fraction of sp³-hybridized carbons (Fsp3) is 0.429. The highest BCUT2D eigenvalue weighted by Gasteiger charge is 2.24. The highest BCUT2D eigenvalue weighted by Crippen LogP contribution is 2.38. The lowest BCUT2D eigenvalue weighted by molar-refractivity contribution is 0.0934. The van der Waals surface area contributed by atoms with Crippen molar-refractivity contribution in [2.24, 2.45) is 0 Å². The molecule has 3 aromatic heterocycles. The average Bonchev–Trinajstić information content (AvgIpc) is 3.17. The number of hydrogen-bond acceptors (Lipinski definition) is 6. The number of carbonyl (C=O) groups is 1. The molecular weight excluding hydrogens is 302 g/mol. The van der Waals surface area contributed by atoms with E-state index in [-0.39, 0.29) is 24.9 Å². The van der Waals surface area contributed by atoms with Crippen molar-refractivity contribution in [1.29, 1.82) is 0 Å². The average molecular weight is 317 g/mol. The zero-order valence-electron chi connectivity index (χ0n) is 12.1. The van der Waals surface area contributed by atoms with E-state index < -0.39 is 0 Å². The molecule has 0 aromatic carbocycles. The van der Waals surface area contributed by atoms with Crippen molar-refractivity contribution in [2.75, 3.05) is 13.2 Å². The van der Waals surface area contributed by atoms with Gasteiger partial charge >= 0.3 is 0 Å². The summed E-state index contributed by atoms with van der Waals surface area (Å²) in [6.45, 7) is 1.94. The third-order valence-electron chi connectivity index (χ3n) is 3.90. The van der Waals surface area contributed by atoms with Crippen LogP contribution in [-0.2, 0) is 12.8 Å². The molecule has 0 atom stereocenters. The summed E-state index contributed by atoms with van der Waals surface area (Å²) in [4.78, 5) is 23.4. The van der Waals surface area contributed by atoms with E-state index in [2.05, 4.69) is 20.4 Å². The Balaban J connectivity index is 1.92. The molecule has 1 aliphatic carbocycles. The van der Waals surface area contributed by atoms with E-state index >= 15 is 0 Å². The normalized spacial score (nSPS) is 13.9. The minimum Gasteiger partial charge on any atom is -0.395 e. The molecule has 0 aliphatic heterocycles. The van der Waals surface area contributed by atoms with Crippen LogP contribution in [0.2, 0.25) is 0 Å². The minimum atomic E-state index is -0.378. The summed E-state index contributed by atoms with van der Waals surface area (Å²) in [5, 5.41) is 16.7. The van der Waals surface area contributed by atoms with Crippen molar-refractivity contribution in [3.63, 3.8) is 0 Å². The molecule has 8 heteroatoms. The quantitative estimate of drug-likeness (QED) is 0.747. The lowest BCUT2D eigenvalue weighted by Crippen LogP contribution is -2.27. The van der Waals surface area contributed by atoms with Crippen molar-refractivity contribution in [3.8, 4) is 0 Å². The van der Waals surface area contributed by atoms with Crippen LogP contribution in [0.1, 0.15) is 33.3 Å². The maximum atomic E-state index is 12.0. The summed E-state index contributed by atoms with van der Waals surface area (Å²) >= 11 is 1.72. The Bertz CT molecular complexity index is 898. The first kappa shape index (κ1) is 13.6. The number of aryl methyl sites for hydroxylation is 3. The summed E-state index contributed by atoms with van der Waals surface area (Å²) in [5.74, 6) is 0.456. The van der Waals surface area contributed by atoms with Crippen molar-refractivity contribution in [3.05, 3.63) is 22.1 Å². The van der Waals surface area contributed by atoms with E-state index in [1.807, 2.05) is 6.92 Å². The lowest BCUT2D eigenvalue weighted by Gasteiger charge is -1.99. The van der Waals surface area contributed by atoms with Gasteiger partial charge in [-0.25, -0.2) is 9.97 Å². The highest BCUT2D eigenvalue weighted by molar-refractivity contribution is 7.19. The zero-order valence-corrected chi connectivity index (χ0v) is 12.9. The molecule has 3 heterocycles. The molecule has 0 bridgehead atoms. The van der Waals surface area contributed by atoms with Gasteiger partial charge in [0.1, 0.15) is 10.7 Å². The van der Waals surface area contributed by atoms with E-state index in [4.69, 9.17) is 5.11 Å². The van der Waals surface area contributed by atoms with E-state index in [0.717, 1.165) is 35.3 Å². The van der Waals surface area contributed by atoms with Gasteiger partial charge in [-0.3, -0.25) is 4.79 Å². The molecule has 3 aromatic rings. The molecule has 0 spiro atoms. The minimum absolute atomic E-state index is 0.109. The van der Waals surface area contributed by atoms with E-state index in [1.54, 1.807) is 15.9 Å². The first-order valence-corrected chi connectivity index (χ1v) is 8.07. The molecule has 22 heavy (non-hydrogen) atoms. The summed E-state index contributed by atoms with van der Waals surface area (Å²) in [7, 11) is 0. The van der Waals surface area contributed by atoms with E-state index in [9.17, 15) is 4.79 Å². The molecule has 1 amide bonds. The van der Waals surface area contributed by atoms with Crippen molar-refractivity contribution < 1.29 is 9.90 Å². The molecule has 0 unspecified atom stereocenters. The third-order valence-corrected chi connectivity index (χ3v) is 5.09. The summed E-state index contributed by atoms with van der Waals surface area (Å²) in [6.07, 6.45) is 3.29. The Morgan fingerprint density at radius 1 is 1.41 bits per heavy atom. The monoisotopic (exact) mass is 317 g/mol. The van der Waals surface area contributed by atoms with Gasteiger partial charge < -0.3 is 10.4 Å². The maximum Gasteiger partial charge on any atom is 0.291 e. The number of aliphatic hydroxyl groups excluding tert-OH is 1. The summed E-state index contributed by atoms with van der Waals surface area (Å²) in [6, 6.07) is 0. The molecule has 0 fully saturated rings. The molecule has 0 saturated heterocycles. The molecule has 7 nitrogen and oxygen atoms in total. The Kier molecular flexibility index (Phi) is 3.08. The van der Waals surface area contributed by atoms with Crippen molar-refractivity contribution in [2.45, 2.75) is 26.2 Å². The topological polar surface area (TPSA) is 92.4 Å². The number of hydrogen-bond donors (Lipinski definition) is 2. The number of fused-ring (bicyclic) bond motifs is 5.